The molecule has 0 saturated heterocycles. The van der Waals surface area contributed by atoms with Crippen LogP contribution in [0.4, 0.5) is 0 Å². The number of hydrogen-bond acceptors (Lipinski definition) is 5. The van der Waals surface area contributed by atoms with Crippen LogP contribution in [0.5, 0.6) is 0 Å². The second-order valence-electron chi connectivity index (χ2n) is 4.21. The summed E-state index contributed by atoms with van der Waals surface area (Å²) in [6.07, 6.45) is 3.76. The highest BCUT2D eigenvalue weighted by atomic mass is 16.5. The third kappa shape index (κ3) is 5.65. The fourth-order valence-corrected chi connectivity index (χ4v) is 1.94. The van der Waals surface area contributed by atoms with Crippen molar-refractivity contribution in [1.29, 1.82) is 0 Å². The van der Waals surface area contributed by atoms with Crippen LogP contribution in [0.2, 0.25) is 0 Å². The van der Waals surface area contributed by atoms with Crippen molar-refractivity contribution < 1.29 is 19.1 Å². The molecule has 1 saturated carbocycles. The summed E-state index contributed by atoms with van der Waals surface area (Å²) >= 11 is 0. The van der Waals surface area contributed by atoms with Gasteiger partial charge in [-0.2, -0.15) is 0 Å². The van der Waals surface area contributed by atoms with Gasteiger partial charge in [-0.05, 0) is 19.3 Å². The number of rotatable bonds is 6. The number of primary amides is 1. The molecule has 1 aliphatic rings. The Hall–Kier alpha value is -1.14. The monoisotopic (exact) mass is 244 g/mol. The predicted octanol–water partition coefficient (Wildman–Crippen LogP) is -0.438. The number of amides is 1. The minimum absolute atomic E-state index is 0.0110. The van der Waals surface area contributed by atoms with Crippen molar-refractivity contribution >= 4 is 11.9 Å². The summed E-state index contributed by atoms with van der Waals surface area (Å²) in [7, 11) is 1.67. The molecule has 1 rings (SSSR count). The van der Waals surface area contributed by atoms with Crippen molar-refractivity contribution in [3.63, 3.8) is 0 Å². The molecule has 2 unspecified atom stereocenters. The lowest BCUT2D eigenvalue weighted by Crippen LogP contribution is -2.36. The number of nitrogens with two attached hydrogens (primary N) is 1. The molecule has 17 heavy (non-hydrogen) atoms. The van der Waals surface area contributed by atoms with Gasteiger partial charge in [0, 0.05) is 13.5 Å². The topological polar surface area (TPSA) is 90.7 Å². The summed E-state index contributed by atoms with van der Waals surface area (Å²) in [6, 6.07) is 0. The van der Waals surface area contributed by atoms with Crippen LogP contribution in [0.25, 0.3) is 0 Å². The number of carbonyl (C=O) groups excluding carboxylic acids is 2. The first-order chi connectivity index (χ1) is 8.11. The van der Waals surface area contributed by atoms with Gasteiger partial charge in [0.25, 0.3) is 0 Å². The van der Waals surface area contributed by atoms with Gasteiger partial charge in [0.2, 0.25) is 5.91 Å². The van der Waals surface area contributed by atoms with Crippen LogP contribution in [-0.4, -0.2) is 44.3 Å². The Kier molecular flexibility index (Phi) is 5.93. The molecule has 2 atom stereocenters. The lowest BCUT2D eigenvalue weighted by atomic mass is 9.95. The number of esters is 1. The van der Waals surface area contributed by atoms with Gasteiger partial charge in [0.15, 0.2) is 0 Å². The zero-order valence-electron chi connectivity index (χ0n) is 10.1. The molecule has 0 heterocycles. The maximum absolute atomic E-state index is 11.4. The first kappa shape index (κ1) is 13.9. The molecule has 6 heteroatoms. The van der Waals surface area contributed by atoms with E-state index in [4.69, 9.17) is 15.2 Å². The molecule has 3 N–H and O–H groups in total. The van der Waals surface area contributed by atoms with Crippen molar-refractivity contribution in [3.8, 4) is 0 Å². The van der Waals surface area contributed by atoms with Gasteiger partial charge < -0.3 is 15.2 Å². The molecule has 0 spiro atoms. The third-order valence-electron chi connectivity index (χ3n) is 2.78. The van der Waals surface area contributed by atoms with E-state index in [1.165, 1.54) is 0 Å². The van der Waals surface area contributed by atoms with Gasteiger partial charge in [-0.15, -0.1) is 0 Å². The van der Waals surface area contributed by atoms with Gasteiger partial charge in [-0.1, -0.05) is 0 Å². The summed E-state index contributed by atoms with van der Waals surface area (Å²) in [5.41, 5.74) is 4.93. The number of carbonyl (C=O) groups is 2. The van der Waals surface area contributed by atoms with Crippen molar-refractivity contribution in [2.75, 3.05) is 20.2 Å². The van der Waals surface area contributed by atoms with Crippen LogP contribution < -0.4 is 11.1 Å². The Morgan fingerprint density at radius 2 is 2.00 bits per heavy atom. The lowest BCUT2D eigenvalue weighted by molar-refractivity contribution is -0.151. The van der Waals surface area contributed by atoms with Crippen molar-refractivity contribution in [2.45, 2.75) is 37.9 Å². The van der Waals surface area contributed by atoms with E-state index >= 15 is 0 Å². The molecule has 0 aromatic carbocycles. The zero-order chi connectivity index (χ0) is 12.7. The van der Waals surface area contributed by atoms with E-state index in [1.54, 1.807) is 7.11 Å². The fraction of sp³-hybridized carbons (Fsp3) is 0.818. The van der Waals surface area contributed by atoms with Crippen LogP contribution in [0.15, 0.2) is 0 Å². The molecule has 0 aliphatic heterocycles. The standard InChI is InChI=1S/C11H20N2O4/c1-16-8-3-2-4-9(5-8)17-11(15)7-13-6-10(12)14/h8-9,13H,2-7H2,1H3,(H2,12,14). The van der Waals surface area contributed by atoms with E-state index in [0.29, 0.717) is 0 Å². The Balaban J connectivity index is 2.19. The Morgan fingerprint density at radius 3 is 2.65 bits per heavy atom. The summed E-state index contributed by atoms with van der Waals surface area (Å²) in [6.45, 7) is -0.00243. The summed E-state index contributed by atoms with van der Waals surface area (Å²) in [5, 5.41) is 2.62. The minimum atomic E-state index is -0.491. The second-order valence-corrected chi connectivity index (χ2v) is 4.21. The molecule has 1 fully saturated rings. The maximum Gasteiger partial charge on any atom is 0.320 e. The first-order valence-electron chi connectivity index (χ1n) is 5.83. The van der Waals surface area contributed by atoms with E-state index in [2.05, 4.69) is 5.32 Å². The summed E-state index contributed by atoms with van der Waals surface area (Å²) < 4.78 is 10.5. The molecule has 0 aromatic rings. The lowest BCUT2D eigenvalue weighted by Gasteiger charge is -2.27. The molecule has 1 aliphatic carbocycles. The van der Waals surface area contributed by atoms with E-state index in [1.807, 2.05) is 0 Å². The first-order valence-corrected chi connectivity index (χ1v) is 5.83. The molecule has 1 amide bonds. The summed E-state index contributed by atoms with van der Waals surface area (Å²) in [5.74, 6) is -0.845. The zero-order valence-corrected chi connectivity index (χ0v) is 10.1. The van der Waals surface area contributed by atoms with Crippen molar-refractivity contribution in [1.82, 2.24) is 5.32 Å². The van der Waals surface area contributed by atoms with Crippen LogP contribution in [0.1, 0.15) is 25.7 Å². The molecular formula is C11H20N2O4. The molecular weight excluding hydrogens is 224 g/mol. The van der Waals surface area contributed by atoms with Crippen molar-refractivity contribution in [2.24, 2.45) is 5.73 Å². The van der Waals surface area contributed by atoms with E-state index in [-0.39, 0.29) is 31.3 Å². The molecule has 0 bridgehead atoms. The maximum atomic E-state index is 11.4. The number of hydrogen-bond donors (Lipinski definition) is 2. The third-order valence-corrected chi connectivity index (χ3v) is 2.78. The number of nitrogens with one attached hydrogen (secondary N) is 1. The van der Waals surface area contributed by atoms with Gasteiger partial charge in [-0.25, -0.2) is 0 Å². The predicted molar refractivity (Wildman–Crippen MR) is 61.2 cm³/mol. The Labute approximate surface area is 101 Å². The average Bonchev–Trinajstić information content (AvgIpc) is 2.28. The van der Waals surface area contributed by atoms with E-state index < -0.39 is 5.91 Å². The quantitative estimate of drug-likeness (QED) is 0.618. The number of ether oxygens (including phenoxy) is 2. The molecule has 0 radical (unpaired) electrons. The van der Waals surface area contributed by atoms with E-state index in [9.17, 15) is 9.59 Å². The largest absolute Gasteiger partial charge is 0.461 e. The fourth-order valence-electron chi connectivity index (χ4n) is 1.94. The average molecular weight is 244 g/mol. The van der Waals surface area contributed by atoms with Crippen LogP contribution in [-0.2, 0) is 19.1 Å². The summed E-state index contributed by atoms with van der Waals surface area (Å²) in [4.78, 5) is 21.9. The van der Waals surface area contributed by atoms with Gasteiger partial charge in [0.1, 0.15) is 6.10 Å². The molecule has 98 valence electrons. The smallest absolute Gasteiger partial charge is 0.320 e. The molecule has 0 aromatic heterocycles. The Bertz CT molecular complexity index is 270. The molecule has 6 nitrogen and oxygen atoms in total. The van der Waals surface area contributed by atoms with Crippen LogP contribution in [0.3, 0.4) is 0 Å². The van der Waals surface area contributed by atoms with Crippen molar-refractivity contribution in [3.05, 3.63) is 0 Å². The minimum Gasteiger partial charge on any atom is -0.461 e. The van der Waals surface area contributed by atoms with E-state index in [0.717, 1.165) is 25.7 Å². The second kappa shape index (κ2) is 7.24. The highest BCUT2D eigenvalue weighted by Crippen LogP contribution is 2.22. The highest BCUT2D eigenvalue weighted by molar-refractivity contribution is 5.77. The van der Waals surface area contributed by atoms with Gasteiger partial charge in [-0.3, -0.25) is 14.9 Å². The van der Waals surface area contributed by atoms with Crippen LogP contribution >= 0.6 is 0 Å². The van der Waals surface area contributed by atoms with Gasteiger partial charge >= 0.3 is 5.97 Å². The normalized spacial score (nSPS) is 24.3. The Morgan fingerprint density at radius 1 is 1.29 bits per heavy atom. The SMILES string of the molecule is COC1CCCC(OC(=O)CNCC(N)=O)C1. The highest BCUT2D eigenvalue weighted by Gasteiger charge is 2.24. The van der Waals surface area contributed by atoms with Crippen LogP contribution in [0, 0.1) is 0 Å². The van der Waals surface area contributed by atoms with Gasteiger partial charge in [0.05, 0.1) is 19.2 Å². The number of methoxy groups -OCH3 is 1.